The predicted octanol–water partition coefficient (Wildman–Crippen LogP) is 1.86. The van der Waals surface area contributed by atoms with E-state index in [1.165, 1.54) is 0 Å². The van der Waals surface area contributed by atoms with Crippen molar-refractivity contribution in [3.05, 3.63) is 12.7 Å². The van der Waals surface area contributed by atoms with Crippen molar-refractivity contribution in [2.45, 2.75) is 24.1 Å². The number of aryl methyl sites for hydroxylation is 1. The lowest BCUT2D eigenvalue weighted by atomic mass is 10.5. The van der Waals surface area contributed by atoms with Crippen molar-refractivity contribution in [1.82, 2.24) is 19.5 Å². The summed E-state index contributed by atoms with van der Waals surface area (Å²) in [6.07, 6.45) is 3.34. The van der Waals surface area contributed by atoms with Gasteiger partial charge in [-0.15, -0.1) is 11.8 Å². The second-order valence-electron chi connectivity index (χ2n) is 3.37. The largest absolute Gasteiger partial charge is 0.330 e. The van der Waals surface area contributed by atoms with Crippen LogP contribution in [0.15, 0.2) is 17.7 Å². The molecule has 2 aromatic rings. The smallest absolute Gasteiger partial charge is 0.181 e. The van der Waals surface area contributed by atoms with Gasteiger partial charge < -0.3 is 4.57 Å². The van der Waals surface area contributed by atoms with E-state index in [-0.39, 0.29) is 0 Å². The van der Waals surface area contributed by atoms with Gasteiger partial charge in [0, 0.05) is 12.3 Å². The number of fused-ring (bicyclic) bond motifs is 1. The van der Waals surface area contributed by atoms with Crippen molar-refractivity contribution in [2.24, 2.45) is 7.05 Å². The topological polar surface area (TPSA) is 43.6 Å². The highest BCUT2D eigenvalue weighted by Crippen LogP contribution is 2.26. The molecule has 0 fully saturated rings. The van der Waals surface area contributed by atoms with E-state index < -0.39 is 0 Å². The fraction of sp³-hybridized carbons (Fsp3) is 0.444. The van der Waals surface area contributed by atoms with Gasteiger partial charge in [-0.25, -0.2) is 15.0 Å². The predicted molar refractivity (Wildman–Crippen MR) is 57.3 cm³/mol. The Hall–Kier alpha value is -1.10. The van der Waals surface area contributed by atoms with Crippen LogP contribution in [0.1, 0.15) is 13.8 Å². The zero-order valence-corrected chi connectivity index (χ0v) is 9.25. The van der Waals surface area contributed by atoms with Gasteiger partial charge in [-0.2, -0.15) is 0 Å². The highest BCUT2D eigenvalue weighted by Gasteiger charge is 2.09. The number of imidazole rings is 1. The van der Waals surface area contributed by atoms with Gasteiger partial charge in [0.1, 0.15) is 16.9 Å². The minimum absolute atomic E-state index is 0.517. The lowest BCUT2D eigenvalue weighted by Gasteiger charge is -2.05. The maximum atomic E-state index is 4.27. The third kappa shape index (κ3) is 1.59. The van der Waals surface area contributed by atoms with Crippen LogP contribution >= 0.6 is 11.8 Å². The molecule has 0 unspecified atom stereocenters. The molecule has 5 heteroatoms. The first-order valence-corrected chi connectivity index (χ1v) is 5.35. The van der Waals surface area contributed by atoms with Gasteiger partial charge in [-0.3, -0.25) is 0 Å². The van der Waals surface area contributed by atoms with Crippen LogP contribution in [0.5, 0.6) is 0 Å². The van der Waals surface area contributed by atoms with Gasteiger partial charge in [0.15, 0.2) is 5.65 Å². The van der Waals surface area contributed by atoms with Crippen LogP contribution in [0, 0.1) is 0 Å². The average molecular weight is 208 g/mol. The van der Waals surface area contributed by atoms with Crippen LogP contribution < -0.4 is 0 Å². The minimum Gasteiger partial charge on any atom is -0.330 e. The fourth-order valence-corrected chi connectivity index (χ4v) is 2.17. The molecule has 2 aromatic heterocycles. The summed E-state index contributed by atoms with van der Waals surface area (Å²) in [7, 11) is 1.96. The number of thioether (sulfide) groups is 1. The highest BCUT2D eigenvalue weighted by atomic mass is 32.2. The Balaban J connectivity index is 2.57. The van der Waals surface area contributed by atoms with Crippen LogP contribution in [0.2, 0.25) is 0 Å². The Morgan fingerprint density at radius 3 is 2.79 bits per heavy atom. The second kappa shape index (κ2) is 3.57. The van der Waals surface area contributed by atoms with Crippen LogP contribution in [-0.4, -0.2) is 24.8 Å². The number of aromatic nitrogens is 4. The summed E-state index contributed by atoms with van der Waals surface area (Å²) in [5, 5.41) is 1.52. The van der Waals surface area contributed by atoms with Crippen molar-refractivity contribution in [1.29, 1.82) is 0 Å². The first-order chi connectivity index (χ1) is 6.68. The Bertz CT molecular complexity index is 449. The van der Waals surface area contributed by atoms with Crippen LogP contribution in [0.3, 0.4) is 0 Å². The molecule has 74 valence electrons. The molecule has 0 aromatic carbocycles. The van der Waals surface area contributed by atoms with E-state index in [1.54, 1.807) is 24.4 Å². The van der Waals surface area contributed by atoms with Crippen LogP contribution in [0.25, 0.3) is 11.2 Å². The molecule has 0 aliphatic rings. The summed E-state index contributed by atoms with van der Waals surface area (Å²) in [6, 6.07) is 0. The molecule has 0 saturated heterocycles. The van der Waals surface area contributed by atoms with Crippen LogP contribution in [-0.2, 0) is 7.05 Å². The maximum absolute atomic E-state index is 4.27. The second-order valence-corrected chi connectivity index (χ2v) is 4.94. The van der Waals surface area contributed by atoms with Gasteiger partial charge in [-0.1, -0.05) is 13.8 Å². The Kier molecular flexibility index (Phi) is 2.41. The molecule has 2 rings (SSSR count). The summed E-state index contributed by atoms with van der Waals surface area (Å²) < 4.78 is 1.96. The van der Waals surface area contributed by atoms with Crippen molar-refractivity contribution < 1.29 is 0 Å². The molecule has 0 spiro atoms. The van der Waals surface area contributed by atoms with E-state index in [1.807, 2.05) is 11.6 Å². The van der Waals surface area contributed by atoms with E-state index >= 15 is 0 Å². The van der Waals surface area contributed by atoms with Gasteiger partial charge in [0.25, 0.3) is 0 Å². The van der Waals surface area contributed by atoms with Gasteiger partial charge >= 0.3 is 0 Å². The molecule has 2 heterocycles. The Morgan fingerprint density at radius 1 is 1.29 bits per heavy atom. The van der Waals surface area contributed by atoms with Gasteiger partial charge in [0.05, 0.1) is 6.33 Å². The number of hydrogen-bond donors (Lipinski definition) is 0. The van der Waals surface area contributed by atoms with E-state index in [0.717, 1.165) is 16.2 Å². The summed E-state index contributed by atoms with van der Waals surface area (Å²) in [5.74, 6) is 0. The molecule has 4 nitrogen and oxygen atoms in total. The molecule has 0 bridgehead atoms. The van der Waals surface area contributed by atoms with Crippen molar-refractivity contribution in [2.75, 3.05) is 0 Å². The SMILES string of the molecule is CC(C)Sc1ncnc2ncn(C)c12. The van der Waals surface area contributed by atoms with E-state index in [9.17, 15) is 0 Å². The van der Waals surface area contributed by atoms with Crippen molar-refractivity contribution in [3.63, 3.8) is 0 Å². The van der Waals surface area contributed by atoms with Crippen LogP contribution in [0.4, 0.5) is 0 Å². The average Bonchev–Trinajstić information content (AvgIpc) is 2.48. The molecule has 0 saturated carbocycles. The summed E-state index contributed by atoms with van der Waals surface area (Å²) >= 11 is 1.73. The molecular formula is C9H12N4S. The Labute approximate surface area is 86.8 Å². The van der Waals surface area contributed by atoms with Gasteiger partial charge in [0.2, 0.25) is 0 Å². The van der Waals surface area contributed by atoms with E-state index in [2.05, 4.69) is 28.8 Å². The van der Waals surface area contributed by atoms with Crippen molar-refractivity contribution in [3.8, 4) is 0 Å². The number of nitrogens with zero attached hydrogens (tertiary/aromatic N) is 4. The number of rotatable bonds is 2. The summed E-state index contributed by atoms with van der Waals surface area (Å²) in [5.41, 5.74) is 1.79. The monoisotopic (exact) mass is 208 g/mol. The first kappa shape index (κ1) is 9.45. The summed E-state index contributed by atoms with van der Waals surface area (Å²) in [4.78, 5) is 12.6. The molecule has 0 radical (unpaired) electrons. The standard InChI is InChI=1S/C9H12N4S/c1-6(2)14-9-7-8(10-4-11-9)12-5-13(7)3/h4-6H,1-3H3. The normalized spacial score (nSPS) is 11.4. The minimum atomic E-state index is 0.517. The molecule has 0 amide bonds. The van der Waals surface area contributed by atoms with E-state index in [0.29, 0.717) is 5.25 Å². The lowest BCUT2D eigenvalue weighted by Crippen LogP contribution is -1.94. The fourth-order valence-electron chi connectivity index (χ4n) is 1.27. The number of hydrogen-bond acceptors (Lipinski definition) is 4. The van der Waals surface area contributed by atoms with E-state index in [4.69, 9.17) is 0 Å². The third-order valence-corrected chi connectivity index (χ3v) is 2.82. The Morgan fingerprint density at radius 2 is 2.07 bits per heavy atom. The molecule has 0 aliphatic carbocycles. The molecule has 14 heavy (non-hydrogen) atoms. The summed E-state index contributed by atoms with van der Waals surface area (Å²) in [6.45, 7) is 4.30. The van der Waals surface area contributed by atoms with Crippen molar-refractivity contribution >= 4 is 22.9 Å². The first-order valence-electron chi connectivity index (χ1n) is 4.47. The zero-order valence-electron chi connectivity index (χ0n) is 8.43. The third-order valence-electron chi connectivity index (χ3n) is 1.82. The molecular weight excluding hydrogens is 196 g/mol. The zero-order chi connectivity index (χ0) is 10.1. The molecule has 0 atom stereocenters. The quantitative estimate of drug-likeness (QED) is 0.558. The maximum Gasteiger partial charge on any atom is 0.181 e. The molecule has 0 N–H and O–H groups in total. The van der Waals surface area contributed by atoms with Gasteiger partial charge in [-0.05, 0) is 0 Å². The molecule has 0 aliphatic heterocycles. The highest BCUT2D eigenvalue weighted by molar-refractivity contribution is 8.00. The lowest BCUT2D eigenvalue weighted by molar-refractivity contribution is 0.923.